The van der Waals surface area contributed by atoms with Crippen LogP contribution in [0.3, 0.4) is 0 Å². The van der Waals surface area contributed by atoms with Gasteiger partial charge in [0.15, 0.2) is 11.6 Å². The van der Waals surface area contributed by atoms with Gasteiger partial charge in [-0.2, -0.15) is 0 Å². The monoisotopic (exact) mass is 311 g/mol. The van der Waals surface area contributed by atoms with Gasteiger partial charge in [-0.25, -0.2) is 13.2 Å². The SMILES string of the molecule is Fc1ccc2oc3cc[c]c(Cc4ccc(F)c(F)c4)c3c2c1. The summed E-state index contributed by atoms with van der Waals surface area (Å²) in [6, 6.07) is 14.6. The number of hydrogen-bond acceptors (Lipinski definition) is 1. The fraction of sp³-hybridized carbons (Fsp3) is 0.0526. The Bertz CT molecular complexity index is 1030. The summed E-state index contributed by atoms with van der Waals surface area (Å²) in [5.41, 5.74) is 2.55. The third kappa shape index (κ3) is 2.36. The van der Waals surface area contributed by atoms with Crippen molar-refractivity contribution in [2.75, 3.05) is 0 Å². The first-order valence-corrected chi connectivity index (χ1v) is 7.07. The van der Waals surface area contributed by atoms with E-state index in [0.717, 1.165) is 23.1 Å². The van der Waals surface area contributed by atoms with Gasteiger partial charge in [-0.3, -0.25) is 0 Å². The highest BCUT2D eigenvalue weighted by Crippen LogP contribution is 2.32. The number of fused-ring (bicyclic) bond motifs is 3. The minimum atomic E-state index is -0.891. The van der Waals surface area contributed by atoms with Gasteiger partial charge < -0.3 is 4.42 Å². The maximum atomic E-state index is 13.6. The molecule has 1 radical (unpaired) electrons. The van der Waals surface area contributed by atoms with Crippen LogP contribution < -0.4 is 0 Å². The molecule has 23 heavy (non-hydrogen) atoms. The smallest absolute Gasteiger partial charge is 0.159 e. The van der Waals surface area contributed by atoms with E-state index in [4.69, 9.17) is 4.42 Å². The number of rotatable bonds is 2. The lowest BCUT2D eigenvalue weighted by atomic mass is 9.99. The molecule has 0 aliphatic heterocycles. The van der Waals surface area contributed by atoms with Gasteiger partial charge in [0.1, 0.15) is 17.0 Å². The van der Waals surface area contributed by atoms with Crippen LogP contribution in [0.2, 0.25) is 0 Å². The zero-order valence-corrected chi connectivity index (χ0v) is 11.9. The quantitative estimate of drug-likeness (QED) is 0.483. The van der Waals surface area contributed by atoms with E-state index in [1.165, 1.54) is 18.2 Å². The van der Waals surface area contributed by atoms with E-state index in [2.05, 4.69) is 6.07 Å². The van der Waals surface area contributed by atoms with Crippen molar-refractivity contribution in [2.45, 2.75) is 6.42 Å². The molecule has 1 heterocycles. The molecule has 4 aromatic rings. The van der Waals surface area contributed by atoms with Crippen LogP contribution in [0.5, 0.6) is 0 Å². The number of benzene rings is 3. The summed E-state index contributed by atoms with van der Waals surface area (Å²) in [5.74, 6) is -2.13. The first-order valence-electron chi connectivity index (χ1n) is 7.07. The largest absolute Gasteiger partial charge is 0.456 e. The van der Waals surface area contributed by atoms with Crippen LogP contribution in [0.25, 0.3) is 21.9 Å². The normalized spacial score (nSPS) is 11.4. The van der Waals surface area contributed by atoms with Gasteiger partial charge >= 0.3 is 0 Å². The molecule has 0 fully saturated rings. The Hall–Kier alpha value is -2.75. The second-order valence-electron chi connectivity index (χ2n) is 5.36. The van der Waals surface area contributed by atoms with E-state index in [0.29, 0.717) is 28.5 Å². The van der Waals surface area contributed by atoms with Crippen molar-refractivity contribution in [2.24, 2.45) is 0 Å². The molecule has 1 aromatic heterocycles. The second kappa shape index (κ2) is 5.16. The molecule has 3 aromatic carbocycles. The fourth-order valence-electron chi connectivity index (χ4n) is 2.80. The molecule has 4 heteroatoms. The Morgan fingerprint density at radius 2 is 1.74 bits per heavy atom. The van der Waals surface area contributed by atoms with E-state index in [1.807, 2.05) is 0 Å². The molecule has 0 saturated carbocycles. The van der Waals surface area contributed by atoms with E-state index in [9.17, 15) is 13.2 Å². The first kappa shape index (κ1) is 13.9. The molecule has 0 spiro atoms. The lowest BCUT2D eigenvalue weighted by Gasteiger charge is -2.04. The van der Waals surface area contributed by atoms with Gasteiger partial charge in [0.25, 0.3) is 0 Å². The molecule has 0 aliphatic carbocycles. The van der Waals surface area contributed by atoms with E-state index in [-0.39, 0.29) is 5.82 Å². The highest BCUT2D eigenvalue weighted by atomic mass is 19.2. The Labute approximate surface area is 130 Å². The van der Waals surface area contributed by atoms with Crippen LogP contribution in [0, 0.1) is 23.5 Å². The van der Waals surface area contributed by atoms with Crippen molar-refractivity contribution in [3.8, 4) is 0 Å². The van der Waals surface area contributed by atoms with Crippen LogP contribution in [0.1, 0.15) is 11.1 Å². The van der Waals surface area contributed by atoms with Crippen molar-refractivity contribution in [1.29, 1.82) is 0 Å². The molecular weight excluding hydrogens is 301 g/mol. The van der Waals surface area contributed by atoms with Gasteiger partial charge in [-0.05, 0) is 60.0 Å². The lowest BCUT2D eigenvalue weighted by Crippen LogP contribution is -1.92. The lowest BCUT2D eigenvalue weighted by molar-refractivity contribution is 0.507. The van der Waals surface area contributed by atoms with Crippen LogP contribution in [-0.2, 0) is 6.42 Å². The van der Waals surface area contributed by atoms with Crippen LogP contribution in [0.4, 0.5) is 13.2 Å². The molecule has 0 bridgehead atoms. The van der Waals surface area contributed by atoms with Crippen LogP contribution >= 0.6 is 0 Å². The van der Waals surface area contributed by atoms with Gasteiger partial charge in [0.2, 0.25) is 0 Å². The summed E-state index contributed by atoms with van der Waals surface area (Å²) in [7, 11) is 0. The summed E-state index contributed by atoms with van der Waals surface area (Å²) in [6.45, 7) is 0. The highest BCUT2D eigenvalue weighted by molar-refractivity contribution is 6.06. The average Bonchev–Trinajstić information content (AvgIpc) is 2.90. The average molecular weight is 311 g/mol. The van der Waals surface area contributed by atoms with E-state index in [1.54, 1.807) is 18.2 Å². The van der Waals surface area contributed by atoms with Gasteiger partial charge in [0, 0.05) is 10.8 Å². The van der Waals surface area contributed by atoms with Crippen LogP contribution in [-0.4, -0.2) is 0 Å². The molecule has 0 atom stereocenters. The summed E-state index contributed by atoms with van der Waals surface area (Å²) >= 11 is 0. The summed E-state index contributed by atoms with van der Waals surface area (Å²) in [6.07, 6.45) is 0.347. The Morgan fingerprint density at radius 3 is 2.57 bits per heavy atom. The second-order valence-corrected chi connectivity index (χ2v) is 5.36. The van der Waals surface area contributed by atoms with Gasteiger partial charge in [-0.15, -0.1) is 0 Å². The maximum absolute atomic E-state index is 13.6. The summed E-state index contributed by atoms with van der Waals surface area (Å²) in [4.78, 5) is 0. The molecule has 113 valence electrons. The zero-order valence-electron chi connectivity index (χ0n) is 11.9. The minimum absolute atomic E-state index is 0.347. The van der Waals surface area contributed by atoms with Crippen molar-refractivity contribution in [3.63, 3.8) is 0 Å². The first-order chi connectivity index (χ1) is 11.1. The van der Waals surface area contributed by atoms with Crippen molar-refractivity contribution >= 4 is 21.9 Å². The minimum Gasteiger partial charge on any atom is -0.456 e. The van der Waals surface area contributed by atoms with E-state index < -0.39 is 11.6 Å². The topological polar surface area (TPSA) is 13.1 Å². The molecule has 1 nitrogen and oxygen atoms in total. The third-order valence-corrected chi connectivity index (χ3v) is 3.84. The van der Waals surface area contributed by atoms with Crippen LogP contribution in [0.15, 0.2) is 52.9 Å². The Kier molecular flexibility index (Phi) is 3.11. The fourth-order valence-corrected chi connectivity index (χ4v) is 2.80. The zero-order chi connectivity index (χ0) is 16.0. The number of halogens is 3. The molecular formula is C19H10F3O. The van der Waals surface area contributed by atoms with Crippen molar-refractivity contribution < 1.29 is 17.6 Å². The van der Waals surface area contributed by atoms with Crippen molar-refractivity contribution in [3.05, 3.63) is 83.2 Å². The molecule has 0 aliphatic rings. The van der Waals surface area contributed by atoms with Gasteiger partial charge in [-0.1, -0.05) is 12.1 Å². The third-order valence-electron chi connectivity index (χ3n) is 3.84. The Balaban J connectivity index is 1.90. The highest BCUT2D eigenvalue weighted by Gasteiger charge is 2.13. The summed E-state index contributed by atoms with van der Waals surface area (Å²) < 4.78 is 45.7. The Morgan fingerprint density at radius 1 is 0.870 bits per heavy atom. The molecule has 0 unspecified atom stereocenters. The predicted molar refractivity (Wildman–Crippen MR) is 81.7 cm³/mol. The van der Waals surface area contributed by atoms with E-state index >= 15 is 0 Å². The predicted octanol–water partition coefficient (Wildman–Crippen LogP) is 5.39. The molecule has 0 amide bonds. The molecule has 4 rings (SSSR count). The standard InChI is InChI=1S/C19H10F3O/c20-13-5-7-17-14(10-13)19-12(2-1-3-18(19)23-17)8-11-4-6-15(21)16(22)9-11/h1,3-7,9-10H,8H2. The molecule has 0 saturated heterocycles. The maximum Gasteiger partial charge on any atom is 0.159 e. The number of furan rings is 1. The molecule has 0 N–H and O–H groups in total. The summed E-state index contributed by atoms with van der Waals surface area (Å²) in [5, 5.41) is 1.39. The van der Waals surface area contributed by atoms with Crippen molar-refractivity contribution in [1.82, 2.24) is 0 Å². The number of hydrogen-bond donors (Lipinski definition) is 0. The van der Waals surface area contributed by atoms with Gasteiger partial charge in [0.05, 0.1) is 0 Å².